The molecule has 1 atom stereocenters. The molecule has 21 heavy (non-hydrogen) atoms. The fraction of sp³-hybridized carbons (Fsp3) is 0.312. The molecule has 0 saturated carbocycles. The van der Waals surface area contributed by atoms with E-state index in [-0.39, 0.29) is 11.8 Å². The van der Waals surface area contributed by atoms with Crippen molar-refractivity contribution in [2.24, 2.45) is 0 Å². The number of hydrogen-bond acceptors (Lipinski definition) is 4. The predicted octanol–water partition coefficient (Wildman–Crippen LogP) is 3.80. The molecule has 0 bridgehead atoms. The van der Waals surface area contributed by atoms with Gasteiger partial charge in [0.05, 0.1) is 6.61 Å². The lowest BCUT2D eigenvalue weighted by atomic mass is 10.1. The molecule has 0 saturated heterocycles. The molecule has 0 spiro atoms. The standard InChI is InChI=1S/C16H19BrN2O2/c1-3-21-16-12(5-4-8-18-16)10-19-11(2)14-9-13(17)6-7-15(14)20/h4-9,11,19-20H,3,10H2,1-2H3. The molecule has 0 aliphatic carbocycles. The molecule has 0 aliphatic heterocycles. The summed E-state index contributed by atoms with van der Waals surface area (Å²) in [4.78, 5) is 4.23. The van der Waals surface area contributed by atoms with Gasteiger partial charge in [0, 0.05) is 34.4 Å². The van der Waals surface area contributed by atoms with E-state index in [0.29, 0.717) is 19.0 Å². The van der Waals surface area contributed by atoms with E-state index in [2.05, 4.69) is 26.2 Å². The van der Waals surface area contributed by atoms with Gasteiger partial charge in [-0.3, -0.25) is 0 Å². The Kier molecular flexibility index (Phi) is 5.59. The minimum Gasteiger partial charge on any atom is -0.508 e. The summed E-state index contributed by atoms with van der Waals surface area (Å²) in [5.74, 6) is 0.938. The maximum absolute atomic E-state index is 9.94. The number of aromatic nitrogens is 1. The Bertz CT molecular complexity index is 605. The van der Waals surface area contributed by atoms with Crippen LogP contribution in [0, 0.1) is 0 Å². The first-order chi connectivity index (χ1) is 10.1. The molecule has 0 aliphatic rings. The third-order valence-electron chi connectivity index (χ3n) is 3.19. The SMILES string of the molecule is CCOc1ncccc1CNC(C)c1cc(Br)ccc1O. The van der Waals surface area contributed by atoms with Crippen LogP contribution in [-0.2, 0) is 6.54 Å². The molecule has 2 aromatic rings. The molecule has 112 valence electrons. The van der Waals surface area contributed by atoms with E-state index >= 15 is 0 Å². The first-order valence-electron chi connectivity index (χ1n) is 6.90. The molecular formula is C16H19BrN2O2. The monoisotopic (exact) mass is 350 g/mol. The second kappa shape index (κ2) is 7.43. The zero-order chi connectivity index (χ0) is 15.2. The van der Waals surface area contributed by atoms with Gasteiger partial charge in [-0.25, -0.2) is 4.98 Å². The van der Waals surface area contributed by atoms with Crippen LogP contribution in [0.25, 0.3) is 0 Å². The number of phenols is 1. The number of benzene rings is 1. The second-order valence-electron chi connectivity index (χ2n) is 4.71. The number of nitrogens with one attached hydrogen (secondary N) is 1. The Morgan fingerprint density at radius 3 is 2.95 bits per heavy atom. The number of hydrogen-bond donors (Lipinski definition) is 2. The van der Waals surface area contributed by atoms with Crippen LogP contribution in [0.3, 0.4) is 0 Å². The number of pyridine rings is 1. The zero-order valence-corrected chi connectivity index (χ0v) is 13.7. The summed E-state index contributed by atoms with van der Waals surface area (Å²) < 4.78 is 6.45. The highest BCUT2D eigenvalue weighted by Crippen LogP contribution is 2.27. The average molecular weight is 351 g/mol. The first kappa shape index (κ1) is 15.8. The molecule has 5 heteroatoms. The summed E-state index contributed by atoms with van der Waals surface area (Å²) in [6.45, 7) is 5.16. The molecule has 4 nitrogen and oxygen atoms in total. The lowest BCUT2D eigenvalue weighted by Gasteiger charge is -2.17. The van der Waals surface area contributed by atoms with Crippen molar-refractivity contribution >= 4 is 15.9 Å². The zero-order valence-electron chi connectivity index (χ0n) is 12.1. The van der Waals surface area contributed by atoms with E-state index in [0.717, 1.165) is 15.6 Å². The van der Waals surface area contributed by atoms with Gasteiger partial charge in [0.15, 0.2) is 0 Å². The summed E-state index contributed by atoms with van der Waals surface area (Å²) in [6.07, 6.45) is 1.72. The van der Waals surface area contributed by atoms with Crippen LogP contribution in [-0.4, -0.2) is 16.7 Å². The van der Waals surface area contributed by atoms with Crippen molar-refractivity contribution in [1.29, 1.82) is 0 Å². The molecule has 1 aromatic carbocycles. The minimum atomic E-state index is 0.0113. The van der Waals surface area contributed by atoms with E-state index < -0.39 is 0 Å². The highest BCUT2D eigenvalue weighted by molar-refractivity contribution is 9.10. The van der Waals surface area contributed by atoms with Crippen molar-refractivity contribution in [3.8, 4) is 11.6 Å². The number of rotatable bonds is 6. The Balaban J connectivity index is 2.07. The van der Waals surface area contributed by atoms with E-state index in [4.69, 9.17) is 4.74 Å². The smallest absolute Gasteiger partial charge is 0.217 e. The quantitative estimate of drug-likeness (QED) is 0.831. The minimum absolute atomic E-state index is 0.0113. The Labute approximate surface area is 133 Å². The van der Waals surface area contributed by atoms with Gasteiger partial charge in [0.2, 0.25) is 5.88 Å². The van der Waals surface area contributed by atoms with E-state index in [1.54, 1.807) is 12.3 Å². The average Bonchev–Trinajstić information content (AvgIpc) is 2.49. The Hall–Kier alpha value is -1.59. The normalized spacial score (nSPS) is 12.1. The van der Waals surface area contributed by atoms with Crippen molar-refractivity contribution in [1.82, 2.24) is 10.3 Å². The van der Waals surface area contributed by atoms with Crippen LogP contribution in [0.1, 0.15) is 31.0 Å². The van der Waals surface area contributed by atoms with Gasteiger partial charge >= 0.3 is 0 Å². The molecule has 0 amide bonds. The highest BCUT2D eigenvalue weighted by atomic mass is 79.9. The lowest BCUT2D eigenvalue weighted by Crippen LogP contribution is -2.19. The van der Waals surface area contributed by atoms with Gasteiger partial charge in [0.1, 0.15) is 5.75 Å². The van der Waals surface area contributed by atoms with Gasteiger partial charge in [0.25, 0.3) is 0 Å². The van der Waals surface area contributed by atoms with Gasteiger partial charge in [-0.15, -0.1) is 0 Å². The Morgan fingerprint density at radius 2 is 2.19 bits per heavy atom. The van der Waals surface area contributed by atoms with E-state index in [1.807, 2.05) is 38.1 Å². The van der Waals surface area contributed by atoms with E-state index in [9.17, 15) is 5.11 Å². The summed E-state index contributed by atoms with van der Waals surface area (Å²) >= 11 is 3.42. The largest absolute Gasteiger partial charge is 0.508 e. The van der Waals surface area contributed by atoms with Gasteiger partial charge in [-0.2, -0.15) is 0 Å². The van der Waals surface area contributed by atoms with Gasteiger partial charge in [-0.05, 0) is 38.1 Å². The summed E-state index contributed by atoms with van der Waals surface area (Å²) in [6, 6.07) is 9.31. The Morgan fingerprint density at radius 1 is 1.38 bits per heavy atom. The van der Waals surface area contributed by atoms with Crippen LogP contribution in [0.5, 0.6) is 11.6 Å². The van der Waals surface area contributed by atoms with Crippen LogP contribution in [0.2, 0.25) is 0 Å². The lowest BCUT2D eigenvalue weighted by molar-refractivity contribution is 0.321. The molecular weight excluding hydrogens is 332 g/mol. The fourth-order valence-electron chi connectivity index (χ4n) is 2.07. The molecule has 1 unspecified atom stereocenters. The van der Waals surface area contributed by atoms with Crippen molar-refractivity contribution in [3.05, 3.63) is 52.1 Å². The summed E-state index contributed by atoms with van der Waals surface area (Å²) in [5, 5.41) is 13.3. The van der Waals surface area contributed by atoms with Gasteiger partial charge in [-0.1, -0.05) is 22.0 Å². The number of halogens is 1. The molecule has 0 radical (unpaired) electrons. The third-order valence-corrected chi connectivity index (χ3v) is 3.68. The molecule has 2 rings (SSSR count). The molecule has 0 fully saturated rings. The summed E-state index contributed by atoms with van der Waals surface area (Å²) in [7, 11) is 0. The highest BCUT2D eigenvalue weighted by Gasteiger charge is 2.12. The summed E-state index contributed by atoms with van der Waals surface area (Å²) in [5.41, 5.74) is 1.85. The first-order valence-corrected chi connectivity index (χ1v) is 7.69. The molecule has 1 heterocycles. The molecule has 2 N–H and O–H groups in total. The van der Waals surface area contributed by atoms with Crippen LogP contribution >= 0.6 is 15.9 Å². The number of aromatic hydroxyl groups is 1. The topological polar surface area (TPSA) is 54.4 Å². The second-order valence-corrected chi connectivity index (χ2v) is 5.62. The maximum Gasteiger partial charge on any atom is 0.217 e. The van der Waals surface area contributed by atoms with Crippen LogP contribution in [0.15, 0.2) is 41.0 Å². The van der Waals surface area contributed by atoms with Crippen LogP contribution in [0.4, 0.5) is 0 Å². The maximum atomic E-state index is 9.94. The number of nitrogens with zero attached hydrogens (tertiary/aromatic N) is 1. The molecule has 1 aromatic heterocycles. The fourth-order valence-corrected chi connectivity index (χ4v) is 2.45. The van der Waals surface area contributed by atoms with Crippen LogP contribution < -0.4 is 10.1 Å². The number of ether oxygens (including phenoxy) is 1. The number of phenolic OH excluding ortho intramolecular Hbond substituents is 1. The van der Waals surface area contributed by atoms with Crippen molar-refractivity contribution < 1.29 is 9.84 Å². The third kappa shape index (κ3) is 4.19. The van der Waals surface area contributed by atoms with E-state index in [1.165, 1.54) is 0 Å². The predicted molar refractivity (Wildman–Crippen MR) is 86.5 cm³/mol. The van der Waals surface area contributed by atoms with Crippen molar-refractivity contribution in [3.63, 3.8) is 0 Å². The van der Waals surface area contributed by atoms with Crippen molar-refractivity contribution in [2.75, 3.05) is 6.61 Å². The van der Waals surface area contributed by atoms with Gasteiger partial charge < -0.3 is 15.2 Å². The van der Waals surface area contributed by atoms with Crippen molar-refractivity contribution in [2.45, 2.75) is 26.4 Å².